The summed E-state index contributed by atoms with van der Waals surface area (Å²) in [7, 11) is 1.37. The van der Waals surface area contributed by atoms with Crippen molar-refractivity contribution in [2.75, 3.05) is 32.5 Å². The zero-order chi connectivity index (χ0) is 19.0. The van der Waals surface area contributed by atoms with Gasteiger partial charge in [0.25, 0.3) is 0 Å². The van der Waals surface area contributed by atoms with Crippen LogP contribution in [0.2, 0.25) is 0 Å². The zero-order valence-electron chi connectivity index (χ0n) is 16.1. The molecule has 150 valence electrons. The normalized spacial score (nSPS) is 37.1. The van der Waals surface area contributed by atoms with Gasteiger partial charge in [-0.2, -0.15) is 0 Å². The largest absolute Gasteiger partial charge is 0.468 e. The minimum atomic E-state index is -0.324. The number of thioether (sulfide) groups is 1. The van der Waals surface area contributed by atoms with Gasteiger partial charge < -0.3 is 15.0 Å². The molecule has 5 aliphatic rings. The molecule has 2 amide bonds. The number of hydrogen-bond donors (Lipinski definition) is 1. The fourth-order valence-corrected chi connectivity index (χ4v) is 7.47. The quantitative estimate of drug-likeness (QED) is 0.720. The van der Waals surface area contributed by atoms with Gasteiger partial charge in [-0.3, -0.25) is 14.4 Å². The number of hydrogen-bond acceptors (Lipinski definition) is 5. The molecule has 5 rings (SSSR count). The maximum atomic E-state index is 12.6. The Morgan fingerprint density at radius 1 is 1.11 bits per heavy atom. The fourth-order valence-electron chi connectivity index (χ4n) is 6.35. The molecule has 4 aliphatic carbocycles. The highest BCUT2D eigenvalue weighted by Gasteiger charge is 2.51. The number of carbonyl (C=O) groups excluding carboxylic acids is 3. The number of nitrogens with one attached hydrogen (secondary N) is 1. The number of carbonyl (C=O) groups is 3. The van der Waals surface area contributed by atoms with E-state index in [1.807, 2.05) is 0 Å². The lowest BCUT2D eigenvalue weighted by Gasteiger charge is -2.56. The molecule has 0 spiro atoms. The second-order valence-corrected chi connectivity index (χ2v) is 10.4. The first kappa shape index (κ1) is 19.1. The maximum absolute atomic E-state index is 12.6. The molecule has 0 aromatic rings. The second-order valence-electron chi connectivity index (χ2n) is 9.09. The van der Waals surface area contributed by atoms with Gasteiger partial charge in [0.2, 0.25) is 11.8 Å². The molecule has 1 N–H and O–H groups in total. The summed E-state index contributed by atoms with van der Waals surface area (Å²) < 4.78 is 4.78. The van der Waals surface area contributed by atoms with E-state index in [2.05, 4.69) is 5.32 Å². The Labute approximate surface area is 165 Å². The Kier molecular flexibility index (Phi) is 5.41. The van der Waals surface area contributed by atoms with Gasteiger partial charge in [-0.25, -0.2) is 0 Å². The van der Waals surface area contributed by atoms with E-state index in [1.54, 1.807) is 4.90 Å². The van der Waals surface area contributed by atoms with Crippen molar-refractivity contribution >= 4 is 29.5 Å². The molecule has 0 aromatic heterocycles. The summed E-state index contributed by atoms with van der Waals surface area (Å²) in [5.41, 5.74) is 0.194. The smallest absolute Gasteiger partial charge is 0.320 e. The van der Waals surface area contributed by atoms with Gasteiger partial charge in [0.15, 0.2) is 0 Å². The van der Waals surface area contributed by atoms with Crippen LogP contribution in [-0.4, -0.2) is 60.4 Å². The highest BCUT2D eigenvalue weighted by molar-refractivity contribution is 8.00. The van der Waals surface area contributed by atoms with Gasteiger partial charge in [-0.05, 0) is 61.7 Å². The molecule has 1 aliphatic heterocycles. The monoisotopic (exact) mass is 394 g/mol. The highest BCUT2D eigenvalue weighted by Crippen LogP contribution is 2.61. The van der Waals surface area contributed by atoms with Crippen molar-refractivity contribution in [3.05, 3.63) is 0 Å². The van der Waals surface area contributed by atoms with Crippen LogP contribution < -0.4 is 5.32 Å². The lowest BCUT2D eigenvalue weighted by atomic mass is 9.49. The Balaban J connectivity index is 1.26. The average molecular weight is 395 g/mol. The minimum absolute atomic E-state index is 0.0150. The van der Waals surface area contributed by atoms with Crippen LogP contribution in [0.1, 0.15) is 44.9 Å². The van der Waals surface area contributed by atoms with E-state index in [0.29, 0.717) is 25.3 Å². The Bertz CT molecular complexity index is 588. The van der Waals surface area contributed by atoms with Crippen LogP contribution in [0.25, 0.3) is 0 Å². The molecule has 0 aromatic carbocycles. The molecule has 7 heteroatoms. The molecule has 0 unspecified atom stereocenters. The van der Waals surface area contributed by atoms with Crippen LogP contribution in [0.4, 0.5) is 0 Å². The molecular weight excluding hydrogens is 364 g/mol. The zero-order valence-corrected chi connectivity index (χ0v) is 16.9. The standard InChI is InChI=1S/C20H30N2O4S/c1-26-19(25)16-12-22(2-3-27-16)18(24)11-21-17(23)10-20-7-13-4-14(8-20)6-15(5-13)9-20/h13-16H,2-12H2,1H3,(H,21,23)/t13?,14?,15?,16-,20?/m1/s1. The van der Waals surface area contributed by atoms with Crippen molar-refractivity contribution in [3.63, 3.8) is 0 Å². The predicted octanol–water partition coefficient (Wildman–Crippen LogP) is 1.83. The summed E-state index contributed by atoms with van der Waals surface area (Å²) in [6.07, 6.45) is 8.28. The predicted molar refractivity (Wildman–Crippen MR) is 103 cm³/mol. The molecule has 27 heavy (non-hydrogen) atoms. The summed E-state index contributed by atoms with van der Waals surface area (Å²) in [6.45, 7) is 1.01. The first-order valence-corrected chi connectivity index (χ1v) is 11.2. The number of amides is 2. The molecular formula is C20H30N2O4S. The molecule has 5 fully saturated rings. The van der Waals surface area contributed by atoms with E-state index in [-0.39, 0.29) is 35.0 Å². The second kappa shape index (κ2) is 7.64. The van der Waals surface area contributed by atoms with Crippen LogP contribution in [-0.2, 0) is 19.1 Å². The number of ether oxygens (including phenoxy) is 1. The van der Waals surface area contributed by atoms with Crippen molar-refractivity contribution in [1.82, 2.24) is 10.2 Å². The molecule has 1 atom stereocenters. The Morgan fingerprint density at radius 2 is 1.74 bits per heavy atom. The van der Waals surface area contributed by atoms with E-state index in [9.17, 15) is 14.4 Å². The van der Waals surface area contributed by atoms with Gasteiger partial charge >= 0.3 is 5.97 Å². The Hall–Kier alpha value is -1.24. The first-order chi connectivity index (χ1) is 13.0. The third-order valence-electron chi connectivity index (χ3n) is 7.02. The number of rotatable bonds is 5. The Morgan fingerprint density at radius 3 is 2.33 bits per heavy atom. The van der Waals surface area contributed by atoms with Gasteiger partial charge in [-0.1, -0.05) is 0 Å². The van der Waals surface area contributed by atoms with E-state index in [1.165, 1.54) is 57.4 Å². The maximum Gasteiger partial charge on any atom is 0.320 e. The molecule has 1 heterocycles. The minimum Gasteiger partial charge on any atom is -0.468 e. The SMILES string of the molecule is COC(=O)[C@H]1CN(C(=O)CNC(=O)CC23CC4CC(CC(C4)C2)C3)CCS1. The number of methoxy groups -OCH3 is 1. The van der Waals surface area contributed by atoms with E-state index in [4.69, 9.17) is 4.74 Å². The van der Waals surface area contributed by atoms with Crippen LogP contribution in [0.3, 0.4) is 0 Å². The first-order valence-electron chi connectivity index (χ1n) is 10.2. The molecule has 6 nitrogen and oxygen atoms in total. The van der Waals surface area contributed by atoms with Gasteiger partial charge in [0, 0.05) is 25.3 Å². The lowest BCUT2D eigenvalue weighted by molar-refractivity contribution is -0.141. The van der Waals surface area contributed by atoms with Crippen molar-refractivity contribution in [2.45, 2.75) is 50.2 Å². The van der Waals surface area contributed by atoms with Gasteiger partial charge in [0.1, 0.15) is 5.25 Å². The van der Waals surface area contributed by atoms with Crippen molar-refractivity contribution in [1.29, 1.82) is 0 Å². The lowest BCUT2D eigenvalue weighted by Crippen LogP contribution is -2.50. The molecule has 0 radical (unpaired) electrons. The topological polar surface area (TPSA) is 75.7 Å². The van der Waals surface area contributed by atoms with Crippen LogP contribution in [0.15, 0.2) is 0 Å². The molecule has 4 bridgehead atoms. The van der Waals surface area contributed by atoms with Gasteiger partial charge in [0.05, 0.1) is 13.7 Å². The van der Waals surface area contributed by atoms with E-state index in [0.717, 1.165) is 17.8 Å². The summed E-state index contributed by atoms with van der Waals surface area (Å²) >= 11 is 1.52. The fraction of sp³-hybridized carbons (Fsp3) is 0.850. The van der Waals surface area contributed by atoms with E-state index < -0.39 is 0 Å². The van der Waals surface area contributed by atoms with Gasteiger partial charge in [-0.15, -0.1) is 11.8 Å². The van der Waals surface area contributed by atoms with Crippen LogP contribution >= 0.6 is 11.8 Å². The molecule has 1 saturated heterocycles. The summed E-state index contributed by atoms with van der Waals surface area (Å²) in [5.74, 6) is 2.81. The highest BCUT2D eigenvalue weighted by atomic mass is 32.2. The number of nitrogens with zero attached hydrogens (tertiary/aromatic N) is 1. The van der Waals surface area contributed by atoms with Crippen molar-refractivity contribution in [3.8, 4) is 0 Å². The van der Waals surface area contributed by atoms with Crippen molar-refractivity contribution in [2.24, 2.45) is 23.2 Å². The number of esters is 1. The third-order valence-corrected chi connectivity index (χ3v) is 8.18. The summed E-state index contributed by atoms with van der Waals surface area (Å²) in [6, 6.07) is 0. The average Bonchev–Trinajstić information content (AvgIpc) is 2.64. The van der Waals surface area contributed by atoms with Crippen LogP contribution in [0, 0.1) is 23.2 Å². The van der Waals surface area contributed by atoms with E-state index >= 15 is 0 Å². The third kappa shape index (κ3) is 4.13. The summed E-state index contributed by atoms with van der Waals surface area (Å²) in [4.78, 5) is 38.4. The molecule has 4 saturated carbocycles. The summed E-state index contributed by atoms with van der Waals surface area (Å²) in [5, 5.41) is 2.54. The van der Waals surface area contributed by atoms with Crippen molar-refractivity contribution < 1.29 is 19.1 Å². The van der Waals surface area contributed by atoms with Crippen LogP contribution in [0.5, 0.6) is 0 Å².